The molecule has 0 spiro atoms. The second-order valence-electron chi connectivity index (χ2n) is 5.59. The number of benzene rings is 1. The van der Waals surface area contributed by atoms with Gasteiger partial charge in [-0.1, -0.05) is 25.1 Å². The lowest BCUT2D eigenvalue weighted by Gasteiger charge is -2.20. The molecule has 1 heterocycles. The molecule has 0 aliphatic rings. The summed E-state index contributed by atoms with van der Waals surface area (Å²) in [6.07, 6.45) is 5.77. The fraction of sp³-hybridized carbons (Fsp3) is 0.263. The van der Waals surface area contributed by atoms with E-state index in [1.54, 1.807) is 24.4 Å². The molecule has 0 atom stereocenters. The summed E-state index contributed by atoms with van der Waals surface area (Å²) in [4.78, 5) is 27.2. The molecular formula is C19H23N3O2. The summed E-state index contributed by atoms with van der Waals surface area (Å²) in [5.74, 6) is -0.338. The van der Waals surface area contributed by atoms with Crippen molar-refractivity contribution in [3.05, 3.63) is 65.5 Å². The third kappa shape index (κ3) is 3.25. The summed E-state index contributed by atoms with van der Waals surface area (Å²) < 4.78 is 1.92. The molecule has 2 aromatic rings. The Labute approximate surface area is 141 Å². The van der Waals surface area contributed by atoms with Gasteiger partial charge in [0.2, 0.25) is 5.43 Å². The number of hydrogen-bond acceptors (Lipinski definition) is 3. The monoisotopic (exact) mass is 325 g/mol. The van der Waals surface area contributed by atoms with Gasteiger partial charge in [-0.05, 0) is 18.6 Å². The SMILES string of the molecule is C=CCN(CC=C)C(=O)c1cn(CCC)c2cccc(N)c2c1=O. The predicted molar refractivity (Wildman–Crippen MR) is 99.2 cm³/mol. The number of amides is 1. The lowest BCUT2D eigenvalue weighted by atomic mass is 10.1. The van der Waals surface area contributed by atoms with Gasteiger partial charge < -0.3 is 15.2 Å². The van der Waals surface area contributed by atoms with E-state index in [-0.39, 0.29) is 16.9 Å². The number of aryl methyl sites for hydroxylation is 1. The normalized spacial score (nSPS) is 10.5. The van der Waals surface area contributed by atoms with E-state index < -0.39 is 0 Å². The highest BCUT2D eigenvalue weighted by Crippen LogP contribution is 2.19. The highest BCUT2D eigenvalue weighted by Gasteiger charge is 2.20. The molecule has 2 rings (SSSR count). The van der Waals surface area contributed by atoms with Crippen molar-refractivity contribution in [1.82, 2.24) is 9.47 Å². The second kappa shape index (κ2) is 7.64. The van der Waals surface area contributed by atoms with Crippen LogP contribution in [0.25, 0.3) is 10.9 Å². The number of aromatic nitrogens is 1. The van der Waals surface area contributed by atoms with E-state index in [9.17, 15) is 9.59 Å². The van der Waals surface area contributed by atoms with Crippen LogP contribution >= 0.6 is 0 Å². The van der Waals surface area contributed by atoms with Crippen LogP contribution in [0.2, 0.25) is 0 Å². The van der Waals surface area contributed by atoms with Crippen molar-refractivity contribution < 1.29 is 4.79 Å². The van der Waals surface area contributed by atoms with Gasteiger partial charge in [-0.15, -0.1) is 13.2 Å². The standard InChI is InChI=1S/C19H23N3O2/c1-4-10-21(11-5-2)19(24)14-13-22(12-6-3)16-9-7-8-15(20)17(16)18(14)23/h4-5,7-9,13H,1-2,6,10-12,20H2,3H3. The van der Waals surface area contributed by atoms with Crippen molar-refractivity contribution in [1.29, 1.82) is 0 Å². The Morgan fingerprint density at radius 2 is 1.96 bits per heavy atom. The minimum absolute atomic E-state index is 0.123. The highest BCUT2D eigenvalue weighted by molar-refractivity contribution is 6.00. The van der Waals surface area contributed by atoms with Crippen molar-refractivity contribution in [2.24, 2.45) is 0 Å². The molecule has 5 nitrogen and oxygen atoms in total. The molecule has 5 heteroatoms. The van der Waals surface area contributed by atoms with Crippen LogP contribution in [0.5, 0.6) is 0 Å². The maximum atomic E-state index is 12.9. The van der Waals surface area contributed by atoms with E-state index in [0.717, 1.165) is 11.9 Å². The van der Waals surface area contributed by atoms with Crippen LogP contribution in [0.4, 0.5) is 5.69 Å². The summed E-state index contributed by atoms with van der Waals surface area (Å²) in [5, 5.41) is 0.397. The molecule has 1 aromatic heterocycles. The number of hydrogen-bond donors (Lipinski definition) is 1. The number of nitrogens with zero attached hydrogens (tertiary/aromatic N) is 2. The number of rotatable bonds is 7. The topological polar surface area (TPSA) is 68.3 Å². The molecule has 1 aromatic carbocycles. The summed E-state index contributed by atoms with van der Waals surface area (Å²) in [6, 6.07) is 5.34. The molecule has 0 bridgehead atoms. The maximum absolute atomic E-state index is 12.9. The van der Waals surface area contributed by atoms with Crippen molar-refractivity contribution >= 4 is 22.5 Å². The molecule has 0 saturated carbocycles. The fourth-order valence-corrected chi connectivity index (χ4v) is 2.76. The van der Waals surface area contributed by atoms with E-state index in [1.165, 1.54) is 4.90 Å². The largest absolute Gasteiger partial charge is 0.398 e. The lowest BCUT2D eigenvalue weighted by molar-refractivity contribution is 0.0789. The fourth-order valence-electron chi connectivity index (χ4n) is 2.76. The molecular weight excluding hydrogens is 302 g/mol. The van der Waals surface area contributed by atoms with E-state index >= 15 is 0 Å². The van der Waals surface area contributed by atoms with Gasteiger partial charge in [0.05, 0.1) is 10.9 Å². The van der Waals surface area contributed by atoms with Gasteiger partial charge in [0.25, 0.3) is 5.91 Å². The number of anilines is 1. The minimum atomic E-state index is -0.338. The first-order valence-electron chi connectivity index (χ1n) is 7.97. The van der Waals surface area contributed by atoms with Gasteiger partial charge in [-0.2, -0.15) is 0 Å². The first-order valence-corrected chi connectivity index (χ1v) is 7.97. The zero-order chi connectivity index (χ0) is 17.7. The first-order chi connectivity index (χ1) is 11.5. The van der Waals surface area contributed by atoms with E-state index in [2.05, 4.69) is 13.2 Å². The number of carbonyl (C=O) groups is 1. The highest BCUT2D eigenvalue weighted by atomic mass is 16.2. The average Bonchev–Trinajstić information content (AvgIpc) is 2.56. The van der Waals surface area contributed by atoms with Crippen LogP contribution in [0.3, 0.4) is 0 Å². The molecule has 2 N–H and O–H groups in total. The van der Waals surface area contributed by atoms with Crippen LogP contribution in [-0.4, -0.2) is 28.5 Å². The van der Waals surface area contributed by atoms with Gasteiger partial charge in [0.1, 0.15) is 5.56 Å². The quantitative estimate of drug-likeness (QED) is 0.629. The van der Waals surface area contributed by atoms with Gasteiger partial charge in [-0.3, -0.25) is 9.59 Å². The van der Waals surface area contributed by atoms with E-state index in [1.807, 2.05) is 23.6 Å². The number of nitrogen functional groups attached to an aromatic ring is 1. The van der Waals surface area contributed by atoms with Crippen molar-refractivity contribution in [2.45, 2.75) is 19.9 Å². The maximum Gasteiger partial charge on any atom is 0.259 e. The van der Waals surface area contributed by atoms with E-state index in [4.69, 9.17) is 5.73 Å². The zero-order valence-corrected chi connectivity index (χ0v) is 14.0. The molecule has 0 saturated heterocycles. The third-order valence-electron chi connectivity index (χ3n) is 3.82. The molecule has 24 heavy (non-hydrogen) atoms. The smallest absolute Gasteiger partial charge is 0.259 e. The third-order valence-corrected chi connectivity index (χ3v) is 3.82. The number of fused-ring (bicyclic) bond motifs is 1. The number of pyridine rings is 1. The van der Waals surface area contributed by atoms with Gasteiger partial charge in [0, 0.05) is 31.5 Å². The molecule has 0 fully saturated rings. The molecule has 0 aliphatic carbocycles. The van der Waals surface area contributed by atoms with Crippen molar-refractivity contribution in [3.63, 3.8) is 0 Å². The number of nitrogens with two attached hydrogens (primary N) is 1. The Kier molecular flexibility index (Phi) is 5.58. The van der Waals surface area contributed by atoms with Crippen LogP contribution in [0, 0.1) is 0 Å². The average molecular weight is 325 g/mol. The van der Waals surface area contributed by atoms with Crippen molar-refractivity contribution in [3.8, 4) is 0 Å². The van der Waals surface area contributed by atoms with Gasteiger partial charge in [0.15, 0.2) is 0 Å². The Balaban J connectivity index is 2.70. The molecule has 0 aliphatic heterocycles. The molecule has 126 valence electrons. The van der Waals surface area contributed by atoms with Gasteiger partial charge in [-0.25, -0.2) is 0 Å². The number of carbonyl (C=O) groups excluding carboxylic acids is 1. The second-order valence-corrected chi connectivity index (χ2v) is 5.59. The molecule has 0 unspecified atom stereocenters. The van der Waals surface area contributed by atoms with Crippen LogP contribution in [-0.2, 0) is 6.54 Å². The Bertz CT molecular complexity index is 826. The van der Waals surface area contributed by atoms with Crippen LogP contribution in [0.1, 0.15) is 23.7 Å². The van der Waals surface area contributed by atoms with E-state index in [0.29, 0.717) is 30.7 Å². The van der Waals surface area contributed by atoms with Gasteiger partial charge >= 0.3 is 0 Å². The Morgan fingerprint density at radius 3 is 2.54 bits per heavy atom. The zero-order valence-electron chi connectivity index (χ0n) is 14.0. The summed E-state index contributed by atoms with van der Waals surface area (Å²) in [5.41, 5.74) is 6.93. The molecule has 1 amide bonds. The Hall–Kier alpha value is -2.82. The predicted octanol–water partition coefficient (Wildman–Crippen LogP) is 2.81. The van der Waals surface area contributed by atoms with Crippen LogP contribution < -0.4 is 11.2 Å². The first kappa shape index (κ1) is 17.5. The Morgan fingerprint density at radius 1 is 1.29 bits per heavy atom. The summed E-state index contributed by atoms with van der Waals surface area (Å²) in [7, 11) is 0. The lowest BCUT2D eigenvalue weighted by Crippen LogP contribution is -2.35. The molecule has 0 radical (unpaired) electrons. The summed E-state index contributed by atoms with van der Waals surface area (Å²) >= 11 is 0. The summed E-state index contributed by atoms with van der Waals surface area (Å²) in [6.45, 7) is 10.8. The minimum Gasteiger partial charge on any atom is -0.398 e. The van der Waals surface area contributed by atoms with Crippen LogP contribution in [0.15, 0.2) is 54.5 Å². The van der Waals surface area contributed by atoms with Crippen molar-refractivity contribution in [2.75, 3.05) is 18.8 Å².